The number of fused-ring (bicyclic) bond motifs is 2. The normalized spacial score (nSPS) is 14.7. The molecule has 0 atom stereocenters. The Hall–Kier alpha value is -4.72. The van der Waals surface area contributed by atoms with Gasteiger partial charge in [0.15, 0.2) is 11.3 Å². The van der Waals surface area contributed by atoms with Crippen LogP contribution in [0.15, 0.2) is 89.3 Å². The van der Waals surface area contributed by atoms with Crippen molar-refractivity contribution in [3.63, 3.8) is 0 Å². The van der Waals surface area contributed by atoms with Gasteiger partial charge in [0.1, 0.15) is 35.8 Å². The number of hydrogen-bond donors (Lipinski definition) is 3. The Balaban J connectivity index is 0.000000164. The number of benzene rings is 4. The molecule has 7 rings (SSSR count). The summed E-state index contributed by atoms with van der Waals surface area (Å²) in [5.41, 5.74) is 10.9. The third-order valence-corrected chi connectivity index (χ3v) is 8.62. The van der Waals surface area contributed by atoms with Crippen LogP contribution in [0.5, 0.6) is 11.5 Å². The largest absolute Gasteiger partial charge is 0.508 e. The monoisotopic (exact) mass is 622 g/mol. The number of phenols is 2. The first kappa shape index (κ1) is 32.7. The molecule has 2 saturated heterocycles. The molecule has 3 aromatic carbocycles. The van der Waals surface area contributed by atoms with E-state index in [0.29, 0.717) is 11.4 Å². The van der Waals surface area contributed by atoms with Crippen LogP contribution in [0.2, 0.25) is 0 Å². The number of rotatable bonds is 4. The number of nitrogens with two attached hydrogens (primary N) is 1. The van der Waals surface area contributed by atoms with Crippen LogP contribution in [0.1, 0.15) is 52.4 Å². The summed E-state index contributed by atoms with van der Waals surface area (Å²) in [6, 6.07) is 26.7. The van der Waals surface area contributed by atoms with Crippen molar-refractivity contribution >= 4 is 28.2 Å². The van der Waals surface area contributed by atoms with Crippen LogP contribution in [-0.4, -0.2) is 54.5 Å². The Labute approximate surface area is 272 Å². The van der Waals surface area contributed by atoms with E-state index >= 15 is 0 Å². The Morgan fingerprint density at radius 2 is 1.48 bits per heavy atom. The zero-order valence-electron chi connectivity index (χ0n) is 27.2. The number of phenolic OH excluding ortho intramolecular Hbond substituents is 2. The molecular formula is C38H48N5O3+. The van der Waals surface area contributed by atoms with E-state index in [9.17, 15) is 5.11 Å². The second kappa shape index (κ2) is 16.0. The summed E-state index contributed by atoms with van der Waals surface area (Å²) < 4.78 is 8.70. The molecule has 0 saturated carbocycles. The van der Waals surface area contributed by atoms with E-state index in [1.165, 1.54) is 55.6 Å². The number of nitrogens with zero attached hydrogens (tertiary/aromatic N) is 4. The zero-order chi connectivity index (χ0) is 32.3. The molecular weight excluding hydrogens is 574 g/mol. The minimum absolute atomic E-state index is 0.213. The van der Waals surface area contributed by atoms with E-state index in [4.69, 9.17) is 20.2 Å². The molecule has 0 spiro atoms. The molecule has 4 aliphatic rings. The summed E-state index contributed by atoms with van der Waals surface area (Å²) in [4.78, 5) is 9.44. The number of nitrogen functional groups attached to an aromatic ring is 1. The van der Waals surface area contributed by atoms with E-state index in [0.717, 1.165) is 67.5 Å². The highest BCUT2D eigenvalue weighted by Gasteiger charge is 2.16. The molecule has 0 unspecified atom stereocenters. The van der Waals surface area contributed by atoms with Gasteiger partial charge in [-0.2, -0.15) is 0 Å². The van der Waals surface area contributed by atoms with E-state index in [-0.39, 0.29) is 5.75 Å². The molecule has 0 aromatic heterocycles. The number of hydrogen-bond acceptors (Lipinski definition) is 7. The van der Waals surface area contributed by atoms with Crippen LogP contribution < -0.4 is 25.5 Å². The third-order valence-electron chi connectivity index (χ3n) is 8.62. The SMILES string of the molecule is CCN(CC)c1ccc2nc3ccc(=[N+]4CCCCC4)cc-3oc2c1.Nc1cccc(O)c1.Oc1cccc(N2CCCCC2)c1. The molecule has 242 valence electrons. The van der Waals surface area contributed by atoms with E-state index < -0.39 is 0 Å². The van der Waals surface area contributed by atoms with Gasteiger partial charge in [0, 0.05) is 80.3 Å². The molecule has 3 aromatic rings. The summed E-state index contributed by atoms with van der Waals surface area (Å²) >= 11 is 0. The molecule has 46 heavy (non-hydrogen) atoms. The van der Waals surface area contributed by atoms with Crippen molar-refractivity contribution in [1.82, 2.24) is 9.56 Å². The van der Waals surface area contributed by atoms with E-state index in [1.54, 1.807) is 24.3 Å². The van der Waals surface area contributed by atoms with Crippen molar-refractivity contribution in [3.05, 3.63) is 90.3 Å². The predicted molar refractivity (Wildman–Crippen MR) is 190 cm³/mol. The molecule has 0 radical (unpaired) electrons. The van der Waals surface area contributed by atoms with Crippen LogP contribution in [0.25, 0.3) is 22.6 Å². The van der Waals surface area contributed by atoms with E-state index in [2.05, 4.69) is 70.7 Å². The molecule has 8 heteroatoms. The van der Waals surface area contributed by atoms with Crippen molar-refractivity contribution in [3.8, 4) is 23.0 Å². The Bertz CT molecular complexity index is 1720. The van der Waals surface area contributed by atoms with Crippen LogP contribution in [0.3, 0.4) is 0 Å². The van der Waals surface area contributed by atoms with Gasteiger partial charge in [-0.3, -0.25) is 0 Å². The second-order valence-corrected chi connectivity index (χ2v) is 11.9. The van der Waals surface area contributed by atoms with Gasteiger partial charge >= 0.3 is 0 Å². The van der Waals surface area contributed by atoms with Crippen LogP contribution >= 0.6 is 0 Å². The fourth-order valence-electron chi connectivity index (χ4n) is 6.10. The fraction of sp³-hybridized carbons (Fsp3) is 0.368. The lowest BCUT2D eigenvalue weighted by atomic mass is 10.1. The Kier molecular flexibility index (Phi) is 11.4. The van der Waals surface area contributed by atoms with Crippen molar-refractivity contribution in [2.75, 3.05) is 54.8 Å². The van der Waals surface area contributed by atoms with Gasteiger partial charge in [0.05, 0.1) is 6.07 Å². The number of piperidine rings is 2. The smallest absolute Gasteiger partial charge is 0.203 e. The quantitative estimate of drug-likeness (QED) is 0.112. The molecule has 2 fully saturated rings. The van der Waals surface area contributed by atoms with Crippen LogP contribution in [0, 0.1) is 0 Å². The number of aromatic nitrogens is 1. The second-order valence-electron chi connectivity index (χ2n) is 11.9. The van der Waals surface area contributed by atoms with Gasteiger partial charge in [0.25, 0.3) is 0 Å². The minimum Gasteiger partial charge on any atom is -0.508 e. The maximum atomic E-state index is 9.32. The first-order valence-electron chi connectivity index (χ1n) is 16.7. The predicted octanol–water partition coefficient (Wildman–Crippen LogP) is 7.09. The van der Waals surface area contributed by atoms with Crippen molar-refractivity contribution in [2.45, 2.75) is 52.4 Å². The first-order valence-corrected chi connectivity index (χ1v) is 16.7. The van der Waals surface area contributed by atoms with E-state index in [1.807, 2.05) is 12.1 Å². The molecule has 1 aliphatic carbocycles. The zero-order valence-corrected chi connectivity index (χ0v) is 27.2. The Morgan fingerprint density at radius 1 is 0.783 bits per heavy atom. The third kappa shape index (κ3) is 8.71. The van der Waals surface area contributed by atoms with Gasteiger partial charge in [0.2, 0.25) is 5.36 Å². The van der Waals surface area contributed by atoms with Gasteiger partial charge in [-0.1, -0.05) is 12.1 Å². The van der Waals surface area contributed by atoms with Crippen LogP contribution in [-0.2, 0) is 0 Å². The molecule has 0 amide bonds. The van der Waals surface area contributed by atoms with Crippen molar-refractivity contribution in [1.29, 1.82) is 0 Å². The standard InChI is InChI=1S/C21H26N3O.C11H15NO.C6H7NO/c1-3-23(4-2)16-8-10-18-20(14-16)25-21-15-17(9-11-19(21)22-18)24-12-6-5-7-13-24;13-11-6-4-5-10(9-11)12-7-2-1-3-8-12;7-5-2-1-3-6(8)4-5/h8-11,14-15H,3-7,12-13H2,1-2H3;4-6,9,13H,1-3,7-8H2;1-4,8H,7H2/q+1;;. The molecule has 4 N–H and O–H groups in total. The average molecular weight is 623 g/mol. The summed E-state index contributed by atoms with van der Waals surface area (Å²) in [6.07, 6.45) is 7.78. The summed E-state index contributed by atoms with van der Waals surface area (Å²) in [5.74, 6) is 1.44. The lowest BCUT2D eigenvalue weighted by Crippen LogP contribution is -2.34. The molecule has 3 heterocycles. The van der Waals surface area contributed by atoms with Gasteiger partial charge in [-0.05, 0) is 82.0 Å². The lowest BCUT2D eigenvalue weighted by molar-refractivity contribution is 0.451. The molecule has 8 nitrogen and oxygen atoms in total. The molecule has 3 aliphatic heterocycles. The highest BCUT2D eigenvalue weighted by molar-refractivity contribution is 5.80. The first-order chi connectivity index (χ1) is 22.4. The highest BCUT2D eigenvalue weighted by atomic mass is 16.3. The minimum atomic E-state index is 0.213. The average Bonchev–Trinajstić information content (AvgIpc) is 3.09. The topological polar surface area (TPSA) is 102 Å². The maximum absolute atomic E-state index is 9.32. The fourth-order valence-corrected chi connectivity index (χ4v) is 6.10. The summed E-state index contributed by atoms with van der Waals surface area (Å²) in [6.45, 7) is 10.9. The van der Waals surface area contributed by atoms with Crippen molar-refractivity contribution in [2.24, 2.45) is 0 Å². The summed E-state index contributed by atoms with van der Waals surface area (Å²) in [5, 5.41) is 19.3. The van der Waals surface area contributed by atoms with Gasteiger partial charge in [-0.25, -0.2) is 9.56 Å². The Morgan fingerprint density at radius 3 is 2.13 bits per heavy atom. The van der Waals surface area contributed by atoms with Gasteiger partial charge in [-0.15, -0.1) is 0 Å². The summed E-state index contributed by atoms with van der Waals surface area (Å²) in [7, 11) is 0. The van der Waals surface area contributed by atoms with Crippen LogP contribution in [0.4, 0.5) is 17.1 Å². The van der Waals surface area contributed by atoms with Crippen molar-refractivity contribution < 1.29 is 14.6 Å². The molecule has 0 bridgehead atoms. The maximum Gasteiger partial charge on any atom is 0.203 e. The lowest BCUT2D eigenvalue weighted by Gasteiger charge is -2.28. The number of aromatic hydroxyl groups is 2. The van der Waals surface area contributed by atoms with Gasteiger partial charge < -0.3 is 30.2 Å². The number of anilines is 3. The highest BCUT2D eigenvalue weighted by Crippen LogP contribution is 2.27.